The lowest BCUT2D eigenvalue weighted by Crippen LogP contribution is -2.38. The van der Waals surface area contributed by atoms with E-state index in [2.05, 4.69) is 38.5 Å². The fraction of sp³-hybridized carbons (Fsp3) is 0.462. The van der Waals surface area contributed by atoms with Crippen molar-refractivity contribution >= 4 is 44.4 Å². The van der Waals surface area contributed by atoms with Gasteiger partial charge in [-0.2, -0.15) is 0 Å². The molecule has 1 fully saturated rings. The summed E-state index contributed by atoms with van der Waals surface area (Å²) in [5.74, 6) is 0.681. The molecule has 1 aromatic rings. The van der Waals surface area contributed by atoms with Crippen molar-refractivity contribution in [3.63, 3.8) is 0 Å². The molecule has 0 aromatic heterocycles. The van der Waals surface area contributed by atoms with Crippen LogP contribution < -0.4 is 0 Å². The van der Waals surface area contributed by atoms with Gasteiger partial charge in [0.25, 0.3) is 5.91 Å². The number of nitrogens with zero attached hydrogens (tertiary/aromatic N) is 1. The van der Waals surface area contributed by atoms with E-state index in [-0.39, 0.29) is 11.7 Å². The molecule has 0 radical (unpaired) electrons. The van der Waals surface area contributed by atoms with Gasteiger partial charge < -0.3 is 10.0 Å². The van der Waals surface area contributed by atoms with Crippen molar-refractivity contribution in [2.45, 2.75) is 12.8 Å². The second-order valence-corrected chi connectivity index (χ2v) is 6.44. The van der Waals surface area contributed by atoms with Gasteiger partial charge in [-0.15, -0.1) is 0 Å². The molecule has 1 aliphatic heterocycles. The number of phenolic OH excluding ortho intramolecular Hbond substituents is 1. The zero-order chi connectivity index (χ0) is 13.1. The fourth-order valence-electron chi connectivity index (χ4n) is 2.14. The molecule has 1 amide bonds. The molecule has 1 aliphatic rings. The van der Waals surface area contributed by atoms with E-state index in [0.717, 1.165) is 34.8 Å². The topological polar surface area (TPSA) is 40.5 Å². The monoisotopic (exact) mass is 423 g/mol. The number of piperidine rings is 1. The lowest BCUT2D eigenvalue weighted by Gasteiger charge is -2.31. The van der Waals surface area contributed by atoms with Crippen molar-refractivity contribution in [3.05, 3.63) is 27.3 Å². The van der Waals surface area contributed by atoms with Gasteiger partial charge in [0.2, 0.25) is 0 Å². The Labute approximate surface area is 129 Å². The van der Waals surface area contributed by atoms with Crippen LogP contribution in [0.3, 0.4) is 0 Å². The number of aromatic hydroxyl groups is 1. The number of rotatable bonds is 2. The zero-order valence-corrected chi connectivity index (χ0v) is 13.6. The summed E-state index contributed by atoms with van der Waals surface area (Å²) in [6.07, 6.45) is 2.06. The third-order valence-corrected chi connectivity index (χ3v) is 4.90. The van der Waals surface area contributed by atoms with Crippen molar-refractivity contribution < 1.29 is 9.90 Å². The van der Waals surface area contributed by atoms with Crippen LogP contribution in [0.1, 0.15) is 23.2 Å². The minimum atomic E-state index is -0.0564. The second-order valence-electron chi connectivity index (χ2n) is 4.55. The van der Waals surface area contributed by atoms with Gasteiger partial charge in [0.15, 0.2) is 0 Å². The number of hydrogen-bond acceptors (Lipinski definition) is 2. The van der Waals surface area contributed by atoms with Gasteiger partial charge in [0.1, 0.15) is 5.75 Å². The van der Waals surface area contributed by atoms with Crippen molar-refractivity contribution in [3.8, 4) is 5.75 Å². The third kappa shape index (κ3) is 3.17. The Morgan fingerprint density at radius 2 is 2.11 bits per heavy atom. The van der Waals surface area contributed by atoms with Gasteiger partial charge >= 0.3 is 0 Å². The number of benzene rings is 1. The first kappa shape index (κ1) is 14.1. The van der Waals surface area contributed by atoms with Crippen LogP contribution in [-0.2, 0) is 0 Å². The molecular formula is C13H15BrINO2. The van der Waals surface area contributed by atoms with Crippen LogP contribution in [0.15, 0.2) is 18.2 Å². The standard InChI is InChI=1S/C13H15BrINO2/c14-8-9-3-5-16(6-4-9)13(18)11-7-10(15)1-2-12(11)17/h1-2,7,9,17H,3-6,8H2. The maximum atomic E-state index is 12.3. The van der Waals surface area contributed by atoms with Crippen LogP contribution in [0.25, 0.3) is 0 Å². The summed E-state index contributed by atoms with van der Waals surface area (Å²) in [6.45, 7) is 1.56. The van der Waals surface area contributed by atoms with Crippen molar-refractivity contribution in [1.82, 2.24) is 4.90 Å². The summed E-state index contributed by atoms with van der Waals surface area (Å²) >= 11 is 5.64. The molecule has 0 spiro atoms. The quantitative estimate of drug-likeness (QED) is 0.586. The van der Waals surface area contributed by atoms with Crippen LogP contribution in [0.5, 0.6) is 5.75 Å². The molecule has 0 unspecified atom stereocenters. The molecular weight excluding hydrogens is 409 g/mol. The molecule has 1 saturated heterocycles. The molecule has 3 nitrogen and oxygen atoms in total. The van der Waals surface area contributed by atoms with Crippen LogP contribution in [-0.4, -0.2) is 34.3 Å². The maximum Gasteiger partial charge on any atom is 0.257 e. The summed E-state index contributed by atoms with van der Waals surface area (Å²) in [4.78, 5) is 14.2. The van der Waals surface area contributed by atoms with E-state index in [1.165, 1.54) is 0 Å². The highest BCUT2D eigenvalue weighted by Gasteiger charge is 2.24. The molecule has 0 aliphatic carbocycles. The average Bonchev–Trinajstić information content (AvgIpc) is 2.41. The number of amides is 1. The Bertz CT molecular complexity index is 445. The lowest BCUT2D eigenvalue weighted by atomic mass is 9.98. The summed E-state index contributed by atoms with van der Waals surface area (Å²) in [6, 6.07) is 5.12. The first-order chi connectivity index (χ1) is 8.61. The first-order valence-electron chi connectivity index (χ1n) is 5.95. The summed E-state index contributed by atoms with van der Waals surface area (Å²) in [7, 11) is 0. The number of likely N-dealkylation sites (tertiary alicyclic amines) is 1. The number of phenols is 1. The van der Waals surface area contributed by atoms with E-state index < -0.39 is 0 Å². The normalized spacial score (nSPS) is 16.9. The van der Waals surface area contributed by atoms with E-state index >= 15 is 0 Å². The van der Waals surface area contributed by atoms with Crippen LogP contribution in [0, 0.1) is 9.49 Å². The second kappa shape index (κ2) is 6.23. The van der Waals surface area contributed by atoms with Crippen LogP contribution in [0.2, 0.25) is 0 Å². The predicted octanol–water partition coefficient (Wildman–Crippen LogP) is 3.24. The fourth-order valence-corrected chi connectivity index (χ4v) is 3.28. The summed E-state index contributed by atoms with van der Waals surface area (Å²) < 4.78 is 0.962. The SMILES string of the molecule is O=C(c1cc(I)ccc1O)N1CCC(CBr)CC1. The third-order valence-electron chi connectivity index (χ3n) is 3.31. The Hall–Kier alpha value is -0.300. The van der Waals surface area contributed by atoms with Crippen LogP contribution >= 0.6 is 38.5 Å². The molecule has 0 saturated carbocycles. The van der Waals surface area contributed by atoms with E-state index in [1.807, 2.05) is 4.90 Å². The van der Waals surface area contributed by atoms with E-state index in [0.29, 0.717) is 11.5 Å². The number of halogens is 2. The lowest BCUT2D eigenvalue weighted by molar-refractivity contribution is 0.0696. The Kier molecular flexibility index (Phi) is 4.89. The maximum absolute atomic E-state index is 12.3. The molecule has 2 rings (SSSR count). The molecule has 0 atom stereocenters. The Morgan fingerprint density at radius 3 is 2.72 bits per heavy atom. The minimum Gasteiger partial charge on any atom is -0.507 e. The number of alkyl halides is 1. The largest absolute Gasteiger partial charge is 0.507 e. The molecule has 98 valence electrons. The van der Waals surface area contributed by atoms with Gasteiger partial charge in [-0.25, -0.2) is 0 Å². The Morgan fingerprint density at radius 1 is 1.44 bits per heavy atom. The van der Waals surface area contributed by atoms with Gasteiger partial charge in [0.05, 0.1) is 5.56 Å². The first-order valence-corrected chi connectivity index (χ1v) is 8.15. The molecule has 0 bridgehead atoms. The van der Waals surface area contributed by atoms with Crippen molar-refractivity contribution in [1.29, 1.82) is 0 Å². The van der Waals surface area contributed by atoms with Crippen molar-refractivity contribution in [2.75, 3.05) is 18.4 Å². The average molecular weight is 424 g/mol. The zero-order valence-electron chi connectivity index (χ0n) is 9.90. The highest BCUT2D eigenvalue weighted by molar-refractivity contribution is 14.1. The summed E-state index contributed by atoms with van der Waals surface area (Å²) in [5, 5.41) is 10.8. The molecule has 1 aromatic carbocycles. The Balaban J connectivity index is 2.10. The van der Waals surface area contributed by atoms with E-state index in [1.54, 1.807) is 18.2 Å². The number of carbonyl (C=O) groups excluding carboxylic acids is 1. The van der Waals surface area contributed by atoms with Crippen molar-refractivity contribution in [2.24, 2.45) is 5.92 Å². The molecule has 18 heavy (non-hydrogen) atoms. The molecule has 5 heteroatoms. The van der Waals surface area contributed by atoms with Gasteiger partial charge in [0, 0.05) is 22.0 Å². The van der Waals surface area contributed by atoms with E-state index in [9.17, 15) is 9.90 Å². The van der Waals surface area contributed by atoms with Gasteiger partial charge in [-0.05, 0) is 59.5 Å². The minimum absolute atomic E-state index is 0.0564. The smallest absolute Gasteiger partial charge is 0.257 e. The van der Waals surface area contributed by atoms with Gasteiger partial charge in [-0.1, -0.05) is 15.9 Å². The predicted molar refractivity (Wildman–Crippen MR) is 83.2 cm³/mol. The van der Waals surface area contributed by atoms with E-state index in [4.69, 9.17) is 0 Å². The summed E-state index contributed by atoms with van der Waals surface area (Å²) in [5.41, 5.74) is 0.416. The number of carbonyl (C=O) groups is 1. The number of hydrogen-bond donors (Lipinski definition) is 1. The van der Waals surface area contributed by atoms with Gasteiger partial charge in [-0.3, -0.25) is 4.79 Å². The van der Waals surface area contributed by atoms with Crippen LogP contribution in [0.4, 0.5) is 0 Å². The molecule has 1 heterocycles. The highest BCUT2D eigenvalue weighted by atomic mass is 127. The highest BCUT2D eigenvalue weighted by Crippen LogP contribution is 2.25. The molecule has 1 N–H and O–H groups in total.